The van der Waals surface area contributed by atoms with Crippen molar-refractivity contribution in [3.05, 3.63) is 29.5 Å². The zero-order valence-electron chi connectivity index (χ0n) is 13.8. The molecule has 23 heavy (non-hydrogen) atoms. The van der Waals surface area contributed by atoms with E-state index in [4.69, 9.17) is 14.2 Å². The van der Waals surface area contributed by atoms with Crippen molar-refractivity contribution in [1.82, 2.24) is 5.32 Å². The summed E-state index contributed by atoms with van der Waals surface area (Å²) >= 11 is 0. The molecule has 0 aromatic heterocycles. The van der Waals surface area contributed by atoms with Crippen LogP contribution < -0.4 is 14.8 Å². The Morgan fingerprint density at radius 2 is 1.74 bits per heavy atom. The maximum absolute atomic E-state index is 11.7. The van der Waals surface area contributed by atoms with E-state index in [0.717, 1.165) is 0 Å². The van der Waals surface area contributed by atoms with Gasteiger partial charge in [0, 0.05) is 0 Å². The third-order valence-corrected chi connectivity index (χ3v) is 2.58. The van der Waals surface area contributed by atoms with Gasteiger partial charge in [-0.05, 0) is 44.5 Å². The predicted molar refractivity (Wildman–Crippen MR) is 84.5 cm³/mol. The lowest BCUT2D eigenvalue weighted by Crippen LogP contribution is -2.34. The molecule has 1 aromatic carbocycles. The minimum absolute atomic E-state index is 0.313. The van der Waals surface area contributed by atoms with Crippen molar-refractivity contribution in [2.24, 2.45) is 0 Å². The van der Waals surface area contributed by atoms with Gasteiger partial charge in [-0.25, -0.2) is 9.59 Å². The molecule has 2 N–H and O–H groups in total. The molecule has 0 saturated carbocycles. The highest BCUT2D eigenvalue weighted by atomic mass is 16.6. The Morgan fingerprint density at radius 3 is 2.22 bits per heavy atom. The Labute approximate surface area is 134 Å². The van der Waals surface area contributed by atoms with E-state index in [1.54, 1.807) is 39.0 Å². The van der Waals surface area contributed by atoms with Crippen LogP contribution in [0.25, 0.3) is 6.08 Å². The maximum Gasteiger partial charge on any atom is 0.412 e. The number of carboxylic acids is 1. The van der Waals surface area contributed by atoms with E-state index in [2.05, 4.69) is 5.32 Å². The summed E-state index contributed by atoms with van der Waals surface area (Å²) in [6.07, 6.45) is 0.459. The van der Waals surface area contributed by atoms with Gasteiger partial charge in [-0.1, -0.05) is 6.07 Å². The van der Waals surface area contributed by atoms with E-state index < -0.39 is 17.7 Å². The molecule has 1 rings (SSSR count). The van der Waals surface area contributed by atoms with E-state index in [1.165, 1.54) is 20.3 Å². The highest BCUT2D eigenvalue weighted by molar-refractivity contribution is 5.95. The minimum Gasteiger partial charge on any atom is -0.493 e. The third-order valence-electron chi connectivity index (χ3n) is 2.58. The lowest BCUT2D eigenvalue weighted by Gasteiger charge is -2.19. The van der Waals surface area contributed by atoms with Crippen LogP contribution in [-0.4, -0.2) is 37.0 Å². The number of nitrogens with one attached hydrogen (secondary N) is 1. The van der Waals surface area contributed by atoms with Gasteiger partial charge < -0.3 is 19.3 Å². The molecule has 1 amide bonds. The third kappa shape index (κ3) is 5.90. The molecule has 7 nitrogen and oxygen atoms in total. The zero-order valence-corrected chi connectivity index (χ0v) is 13.8. The summed E-state index contributed by atoms with van der Waals surface area (Å²) in [5, 5.41) is 11.4. The van der Waals surface area contributed by atoms with E-state index in [1.807, 2.05) is 0 Å². The molecule has 0 spiro atoms. The van der Waals surface area contributed by atoms with Crippen LogP contribution in [0.15, 0.2) is 23.9 Å². The fraction of sp³-hybridized carbons (Fsp3) is 0.375. The maximum atomic E-state index is 11.7. The summed E-state index contributed by atoms with van der Waals surface area (Å²) in [6.45, 7) is 5.06. The molecule has 0 unspecified atom stereocenters. The summed E-state index contributed by atoms with van der Waals surface area (Å²) in [4.78, 5) is 23.0. The topological polar surface area (TPSA) is 94.1 Å². The first-order chi connectivity index (χ1) is 10.7. The van der Waals surface area contributed by atoms with Gasteiger partial charge in [0.25, 0.3) is 0 Å². The molecule has 0 atom stereocenters. The molecule has 0 bridgehead atoms. The molecule has 0 aliphatic heterocycles. The van der Waals surface area contributed by atoms with Crippen molar-refractivity contribution in [2.45, 2.75) is 26.4 Å². The van der Waals surface area contributed by atoms with Gasteiger partial charge in [0.1, 0.15) is 11.3 Å². The smallest absolute Gasteiger partial charge is 0.412 e. The van der Waals surface area contributed by atoms with E-state index in [0.29, 0.717) is 17.1 Å². The standard InChI is InChI=1S/C16H21NO6/c1-16(2,3)23-15(20)17-11(14(18)19)8-10-6-7-12(21-4)13(9-10)22-5/h6-9H,1-5H3,(H,17,20)(H,18,19)/b11-8+. The average molecular weight is 323 g/mol. The summed E-state index contributed by atoms with van der Waals surface area (Å²) < 4.78 is 15.3. The lowest BCUT2D eigenvalue weighted by atomic mass is 10.1. The average Bonchev–Trinajstić information content (AvgIpc) is 2.44. The molecule has 0 fully saturated rings. The number of methoxy groups -OCH3 is 2. The normalized spacial score (nSPS) is 11.6. The Kier molecular flexibility index (Phi) is 6.01. The lowest BCUT2D eigenvalue weighted by molar-refractivity contribution is -0.133. The number of hydrogen-bond donors (Lipinski definition) is 2. The van der Waals surface area contributed by atoms with Crippen molar-refractivity contribution in [1.29, 1.82) is 0 Å². The van der Waals surface area contributed by atoms with Gasteiger partial charge in [0.05, 0.1) is 14.2 Å². The van der Waals surface area contributed by atoms with Crippen LogP contribution in [0.2, 0.25) is 0 Å². The second-order valence-electron chi connectivity index (χ2n) is 5.60. The molecule has 0 radical (unpaired) electrons. The van der Waals surface area contributed by atoms with Gasteiger partial charge in [-0.15, -0.1) is 0 Å². The first-order valence-corrected chi connectivity index (χ1v) is 6.83. The van der Waals surface area contributed by atoms with Crippen molar-refractivity contribution in [3.8, 4) is 11.5 Å². The van der Waals surface area contributed by atoms with E-state index >= 15 is 0 Å². The number of ether oxygens (including phenoxy) is 3. The molecule has 0 aliphatic carbocycles. The van der Waals surface area contributed by atoms with Crippen LogP contribution in [0.4, 0.5) is 4.79 Å². The van der Waals surface area contributed by atoms with Crippen LogP contribution in [0.3, 0.4) is 0 Å². The van der Waals surface area contributed by atoms with Crippen molar-refractivity contribution in [3.63, 3.8) is 0 Å². The number of benzene rings is 1. The molecule has 1 aromatic rings. The van der Waals surface area contributed by atoms with Crippen molar-refractivity contribution in [2.75, 3.05) is 14.2 Å². The molecule has 7 heteroatoms. The molecular formula is C16H21NO6. The Hall–Kier alpha value is -2.70. The Bertz CT molecular complexity index is 615. The van der Waals surface area contributed by atoms with E-state index in [9.17, 15) is 14.7 Å². The van der Waals surface area contributed by atoms with Crippen molar-refractivity contribution >= 4 is 18.1 Å². The predicted octanol–water partition coefficient (Wildman–Crippen LogP) is 2.65. The van der Waals surface area contributed by atoms with Crippen LogP contribution >= 0.6 is 0 Å². The molecule has 0 heterocycles. The highest BCUT2D eigenvalue weighted by Gasteiger charge is 2.19. The fourth-order valence-electron chi connectivity index (χ4n) is 1.67. The number of carbonyl (C=O) groups excluding carboxylic acids is 1. The van der Waals surface area contributed by atoms with Gasteiger partial charge in [-0.2, -0.15) is 0 Å². The first kappa shape index (κ1) is 18.3. The molecular weight excluding hydrogens is 302 g/mol. The molecule has 0 aliphatic rings. The largest absolute Gasteiger partial charge is 0.493 e. The number of amides is 1. The van der Waals surface area contributed by atoms with Gasteiger partial charge >= 0.3 is 12.1 Å². The van der Waals surface area contributed by atoms with Crippen LogP contribution in [0.1, 0.15) is 26.3 Å². The fourth-order valence-corrected chi connectivity index (χ4v) is 1.67. The number of carbonyl (C=O) groups is 2. The number of aliphatic carboxylic acids is 1. The van der Waals surface area contributed by atoms with Gasteiger partial charge in [0.15, 0.2) is 11.5 Å². The Morgan fingerprint density at radius 1 is 1.13 bits per heavy atom. The Balaban J connectivity index is 3.04. The number of hydrogen-bond acceptors (Lipinski definition) is 5. The van der Waals surface area contributed by atoms with Gasteiger partial charge in [0.2, 0.25) is 0 Å². The van der Waals surface area contributed by atoms with Crippen molar-refractivity contribution < 1.29 is 28.9 Å². The summed E-state index contributed by atoms with van der Waals surface area (Å²) in [7, 11) is 2.97. The second-order valence-corrected chi connectivity index (χ2v) is 5.60. The van der Waals surface area contributed by atoms with E-state index in [-0.39, 0.29) is 5.70 Å². The number of rotatable bonds is 5. The van der Waals surface area contributed by atoms with Gasteiger partial charge in [-0.3, -0.25) is 5.32 Å². The molecule has 0 saturated heterocycles. The highest BCUT2D eigenvalue weighted by Crippen LogP contribution is 2.28. The summed E-state index contributed by atoms with van der Waals surface area (Å²) in [6, 6.07) is 4.87. The first-order valence-electron chi connectivity index (χ1n) is 6.83. The zero-order chi connectivity index (χ0) is 17.6. The monoisotopic (exact) mass is 323 g/mol. The van der Waals surface area contributed by atoms with Crippen LogP contribution in [0.5, 0.6) is 11.5 Å². The van der Waals surface area contributed by atoms with Crippen LogP contribution in [-0.2, 0) is 9.53 Å². The summed E-state index contributed by atoms with van der Waals surface area (Å²) in [5.41, 5.74) is -0.514. The quantitative estimate of drug-likeness (QED) is 0.809. The second kappa shape index (κ2) is 7.53. The minimum atomic E-state index is -1.29. The summed E-state index contributed by atoms with van der Waals surface area (Å²) in [5.74, 6) is -0.324. The molecule has 126 valence electrons. The SMILES string of the molecule is COc1ccc(/C=C(/NC(=O)OC(C)(C)C)C(=O)O)cc1OC. The number of alkyl carbamates (subject to hydrolysis) is 1. The van der Waals surface area contributed by atoms with Crippen LogP contribution in [0, 0.1) is 0 Å². The number of carboxylic acid groups (broad SMARTS) is 1.